The Hall–Kier alpha value is -1.86. The van der Waals surface area contributed by atoms with E-state index in [0.29, 0.717) is 0 Å². The van der Waals surface area contributed by atoms with E-state index in [1.54, 1.807) is 19.1 Å². The minimum absolute atomic E-state index is 0.201. The van der Waals surface area contributed by atoms with Crippen LogP contribution in [0.2, 0.25) is 5.15 Å². The molecule has 0 radical (unpaired) electrons. The summed E-state index contributed by atoms with van der Waals surface area (Å²) in [4.78, 5) is 3.89. The average Bonchev–Trinajstić information content (AvgIpc) is 2.63. The maximum Gasteiger partial charge on any atom is 0.586 e. The number of allylic oxidation sites excluding steroid dienone is 1. The number of hydrogen-bond acceptors (Lipinski definition) is 5. The third-order valence-corrected chi connectivity index (χ3v) is 2.55. The number of aromatic nitrogens is 1. The number of aliphatic hydroxyl groups is 1. The Morgan fingerprint density at radius 3 is 2.80 bits per heavy atom. The second kappa shape index (κ2) is 5.26. The van der Waals surface area contributed by atoms with Gasteiger partial charge in [0.15, 0.2) is 17.7 Å². The van der Waals surface area contributed by atoms with E-state index in [1.165, 1.54) is 0 Å². The van der Waals surface area contributed by atoms with Gasteiger partial charge in [0.2, 0.25) is 0 Å². The second-order valence-electron chi connectivity index (χ2n) is 4.00. The summed E-state index contributed by atoms with van der Waals surface area (Å²) in [6.45, 7) is 5.07. The molecule has 2 N–H and O–H groups in total. The van der Waals surface area contributed by atoms with E-state index in [1.807, 2.05) is 0 Å². The Kier molecular flexibility index (Phi) is 3.82. The number of aliphatic hydroxyl groups excluding tert-OH is 1. The normalized spacial score (nSPS) is 18.2. The van der Waals surface area contributed by atoms with Gasteiger partial charge in [0.1, 0.15) is 11.0 Å². The smallest absolute Gasteiger partial charge is 0.395 e. The van der Waals surface area contributed by atoms with Gasteiger partial charge in [-0.15, -0.1) is 8.78 Å². The molecule has 0 saturated carbocycles. The van der Waals surface area contributed by atoms with Gasteiger partial charge >= 0.3 is 6.29 Å². The van der Waals surface area contributed by atoms with Crippen LogP contribution in [0.3, 0.4) is 0 Å². The van der Waals surface area contributed by atoms with Crippen molar-refractivity contribution in [2.45, 2.75) is 19.4 Å². The third kappa shape index (κ3) is 3.17. The molecular weight excluding hydrogens is 294 g/mol. The van der Waals surface area contributed by atoms with Crippen LogP contribution in [0.5, 0.6) is 0 Å². The molecule has 1 unspecified atom stereocenters. The summed E-state index contributed by atoms with van der Waals surface area (Å²) < 4.78 is 34.3. The number of nitrogens with zero attached hydrogens (tertiary/aromatic N) is 1. The number of nitrogens with one attached hydrogen (secondary N) is 1. The average molecular weight is 305 g/mol. The quantitative estimate of drug-likeness (QED) is 0.661. The number of pyridine rings is 1. The fourth-order valence-corrected chi connectivity index (χ4v) is 1.88. The molecule has 20 heavy (non-hydrogen) atoms. The Labute approximate surface area is 118 Å². The van der Waals surface area contributed by atoms with Crippen molar-refractivity contribution < 1.29 is 23.4 Å². The SMILES string of the molecule is C=CC1=C(C(O)Nc2cc(C)cc(Cl)n2)OC(F)(F)O1. The van der Waals surface area contributed by atoms with Crippen LogP contribution in [-0.2, 0) is 9.47 Å². The lowest BCUT2D eigenvalue weighted by molar-refractivity contribution is -0.338. The lowest BCUT2D eigenvalue weighted by Gasteiger charge is -2.15. The Bertz CT molecular complexity index is 558. The number of halogens is 3. The van der Waals surface area contributed by atoms with Gasteiger partial charge in [0, 0.05) is 0 Å². The van der Waals surface area contributed by atoms with Crippen molar-refractivity contribution in [3.05, 3.63) is 47.0 Å². The predicted octanol–water partition coefficient (Wildman–Crippen LogP) is 2.77. The van der Waals surface area contributed by atoms with Crippen LogP contribution in [0, 0.1) is 6.92 Å². The van der Waals surface area contributed by atoms with Crippen molar-refractivity contribution in [1.82, 2.24) is 4.98 Å². The minimum Gasteiger partial charge on any atom is -0.395 e. The predicted molar refractivity (Wildman–Crippen MR) is 68.0 cm³/mol. The molecule has 2 heterocycles. The summed E-state index contributed by atoms with van der Waals surface area (Å²) >= 11 is 5.76. The molecule has 0 fully saturated rings. The molecule has 1 atom stereocenters. The first-order chi connectivity index (χ1) is 9.30. The summed E-state index contributed by atoms with van der Waals surface area (Å²) in [5.74, 6) is -0.629. The van der Waals surface area contributed by atoms with Crippen molar-refractivity contribution in [2.24, 2.45) is 0 Å². The largest absolute Gasteiger partial charge is 0.586 e. The molecule has 108 valence electrons. The standard InChI is InChI=1S/C12H11ClF2N2O3/c1-3-7-10(20-12(14,15)19-7)11(18)17-9-5-6(2)4-8(13)16-9/h3-5,11,18H,1H2,2H3,(H,16,17). The number of rotatable bonds is 4. The topological polar surface area (TPSA) is 63.6 Å². The van der Waals surface area contributed by atoms with E-state index >= 15 is 0 Å². The molecule has 0 spiro atoms. The highest BCUT2D eigenvalue weighted by molar-refractivity contribution is 6.29. The Morgan fingerprint density at radius 2 is 2.20 bits per heavy atom. The molecule has 0 aromatic carbocycles. The van der Waals surface area contributed by atoms with Gasteiger partial charge in [-0.05, 0) is 30.7 Å². The van der Waals surface area contributed by atoms with E-state index in [4.69, 9.17) is 11.6 Å². The first-order valence-electron chi connectivity index (χ1n) is 5.52. The van der Waals surface area contributed by atoms with Gasteiger partial charge in [-0.1, -0.05) is 18.2 Å². The lowest BCUT2D eigenvalue weighted by atomic mass is 10.3. The van der Waals surface area contributed by atoms with Crippen molar-refractivity contribution >= 4 is 17.4 Å². The number of hydrogen-bond donors (Lipinski definition) is 2. The van der Waals surface area contributed by atoms with Gasteiger partial charge < -0.3 is 19.9 Å². The van der Waals surface area contributed by atoms with Gasteiger partial charge in [0.25, 0.3) is 0 Å². The van der Waals surface area contributed by atoms with Crippen LogP contribution >= 0.6 is 11.6 Å². The van der Waals surface area contributed by atoms with Gasteiger partial charge in [-0.3, -0.25) is 0 Å². The van der Waals surface area contributed by atoms with E-state index in [9.17, 15) is 13.9 Å². The zero-order chi connectivity index (χ0) is 14.9. The van der Waals surface area contributed by atoms with Crippen molar-refractivity contribution in [2.75, 3.05) is 5.32 Å². The summed E-state index contributed by atoms with van der Waals surface area (Å²) in [6, 6.07) is 3.19. The van der Waals surface area contributed by atoms with E-state index < -0.39 is 18.3 Å². The van der Waals surface area contributed by atoms with Gasteiger partial charge in [-0.25, -0.2) is 4.98 Å². The van der Waals surface area contributed by atoms with Crippen molar-refractivity contribution in [3.8, 4) is 0 Å². The molecule has 5 nitrogen and oxygen atoms in total. The van der Waals surface area contributed by atoms with Crippen LogP contribution in [0.15, 0.2) is 36.3 Å². The summed E-state index contributed by atoms with van der Waals surface area (Å²) in [5, 5.41) is 12.6. The zero-order valence-electron chi connectivity index (χ0n) is 10.4. The summed E-state index contributed by atoms with van der Waals surface area (Å²) in [7, 11) is 0. The van der Waals surface area contributed by atoms with Crippen LogP contribution in [-0.4, -0.2) is 22.6 Å². The molecule has 1 aromatic heterocycles. The Balaban J connectivity index is 2.19. The molecule has 0 aliphatic carbocycles. The third-order valence-electron chi connectivity index (χ3n) is 2.36. The number of anilines is 1. The van der Waals surface area contributed by atoms with Gasteiger partial charge in [0.05, 0.1) is 0 Å². The number of alkyl halides is 2. The molecule has 2 rings (SSSR count). The highest BCUT2D eigenvalue weighted by atomic mass is 35.5. The molecule has 0 bridgehead atoms. The van der Waals surface area contributed by atoms with Crippen LogP contribution in [0.25, 0.3) is 0 Å². The highest BCUT2D eigenvalue weighted by Gasteiger charge is 2.46. The maximum absolute atomic E-state index is 12.9. The molecule has 8 heteroatoms. The fraction of sp³-hybridized carbons (Fsp3) is 0.250. The minimum atomic E-state index is -3.83. The molecule has 1 aliphatic rings. The zero-order valence-corrected chi connectivity index (χ0v) is 11.1. The number of ether oxygens (including phenoxy) is 2. The maximum atomic E-state index is 12.9. The Morgan fingerprint density at radius 1 is 1.50 bits per heavy atom. The van der Waals surface area contributed by atoms with Crippen LogP contribution in [0.4, 0.5) is 14.6 Å². The van der Waals surface area contributed by atoms with E-state index in [0.717, 1.165) is 11.6 Å². The summed E-state index contributed by atoms with van der Waals surface area (Å²) in [5.41, 5.74) is 0.784. The van der Waals surface area contributed by atoms with Gasteiger partial charge in [-0.2, -0.15) is 0 Å². The molecule has 0 saturated heterocycles. The first kappa shape index (κ1) is 14.5. The second-order valence-corrected chi connectivity index (χ2v) is 4.39. The lowest BCUT2D eigenvalue weighted by Crippen LogP contribution is -2.25. The van der Waals surface area contributed by atoms with Crippen molar-refractivity contribution in [1.29, 1.82) is 0 Å². The van der Waals surface area contributed by atoms with Crippen molar-refractivity contribution in [3.63, 3.8) is 0 Å². The first-order valence-corrected chi connectivity index (χ1v) is 5.90. The fourth-order valence-electron chi connectivity index (χ4n) is 1.61. The molecule has 1 aliphatic heterocycles. The molecule has 0 amide bonds. The van der Waals surface area contributed by atoms with Crippen LogP contribution in [0.1, 0.15) is 5.56 Å². The molecular formula is C12H11ClF2N2O3. The van der Waals surface area contributed by atoms with E-state index in [2.05, 4.69) is 26.4 Å². The van der Waals surface area contributed by atoms with E-state index in [-0.39, 0.29) is 16.7 Å². The monoisotopic (exact) mass is 304 g/mol. The summed E-state index contributed by atoms with van der Waals surface area (Å²) in [6.07, 6.45) is -4.40. The highest BCUT2D eigenvalue weighted by Crippen LogP contribution is 2.35. The van der Waals surface area contributed by atoms with Crippen LogP contribution < -0.4 is 5.32 Å². The number of aryl methyl sites for hydroxylation is 1. The molecule has 1 aromatic rings.